The number of aromatic amines is 1. The summed E-state index contributed by atoms with van der Waals surface area (Å²) in [7, 11) is 8.14. The molecule has 0 aliphatic carbocycles. The van der Waals surface area contributed by atoms with Crippen LogP contribution in [-0.4, -0.2) is 95.1 Å². The highest BCUT2D eigenvalue weighted by atomic mass is 16.2. The predicted octanol–water partition coefficient (Wildman–Crippen LogP) is 6.80. The van der Waals surface area contributed by atoms with Crippen LogP contribution in [-0.2, 0) is 40.3 Å². The van der Waals surface area contributed by atoms with E-state index >= 15 is 0 Å². The lowest BCUT2D eigenvalue weighted by atomic mass is 10.0. The SMILES string of the molecule is CN(C)Cc1ccccc1CC(=O)N1CC[C@@H](C(=O)Nc2ccc(-c3ccc(-c4cnc([C@@H]5CCCN5C(=O)Cc5ccccc5CN(C)C)[nH]4)cc3)cc2)C1. The van der Waals surface area contributed by atoms with Crippen LogP contribution in [0.25, 0.3) is 22.4 Å². The van der Waals surface area contributed by atoms with Crippen LogP contribution in [0.15, 0.2) is 103 Å². The molecule has 3 heterocycles. The molecule has 290 valence electrons. The zero-order valence-corrected chi connectivity index (χ0v) is 33.0. The lowest BCUT2D eigenvalue weighted by Crippen LogP contribution is -2.32. The summed E-state index contributed by atoms with van der Waals surface area (Å²) in [5, 5.41) is 3.07. The van der Waals surface area contributed by atoms with Gasteiger partial charge >= 0.3 is 0 Å². The number of amides is 3. The van der Waals surface area contributed by atoms with Crippen LogP contribution in [0.4, 0.5) is 5.69 Å². The molecule has 0 spiro atoms. The van der Waals surface area contributed by atoms with Gasteiger partial charge in [0.1, 0.15) is 5.82 Å². The van der Waals surface area contributed by atoms with E-state index in [9.17, 15) is 14.4 Å². The van der Waals surface area contributed by atoms with Crippen LogP contribution in [0, 0.1) is 5.92 Å². The Kier molecular flexibility index (Phi) is 12.1. The van der Waals surface area contributed by atoms with E-state index in [1.165, 1.54) is 5.56 Å². The van der Waals surface area contributed by atoms with Gasteiger partial charge in [0.05, 0.1) is 36.7 Å². The first-order valence-corrected chi connectivity index (χ1v) is 19.7. The Hall–Kier alpha value is -5.58. The molecule has 2 aliphatic heterocycles. The quantitative estimate of drug-likeness (QED) is 0.137. The Morgan fingerprint density at radius 2 is 1.25 bits per heavy atom. The highest BCUT2D eigenvalue weighted by Gasteiger charge is 2.33. The van der Waals surface area contributed by atoms with Crippen molar-refractivity contribution in [2.45, 2.75) is 51.2 Å². The van der Waals surface area contributed by atoms with E-state index < -0.39 is 0 Å². The molecule has 3 amide bonds. The van der Waals surface area contributed by atoms with Crippen molar-refractivity contribution in [2.75, 3.05) is 53.1 Å². The summed E-state index contributed by atoms with van der Waals surface area (Å²) in [6, 6.07) is 32.4. The third kappa shape index (κ3) is 9.26. The molecule has 10 heteroatoms. The fourth-order valence-corrected chi connectivity index (χ4v) is 8.02. The maximum absolute atomic E-state index is 13.6. The number of hydrogen-bond acceptors (Lipinski definition) is 6. The Morgan fingerprint density at radius 1 is 0.696 bits per heavy atom. The smallest absolute Gasteiger partial charge is 0.229 e. The summed E-state index contributed by atoms with van der Waals surface area (Å²) >= 11 is 0. The normalized spacial score (nSPS) is 16.9. The third-order valence-electron chi connectivity index (χ3n) is 11.0. The molecule has 0 unspecified atom stereocenters. The average Bonchev–Trinajstić information content (AvgIpc) is 3.98. The molecule has 2 fully saturated rings. The van der Waals surface area contributed by atoms with Gasteiger partial charge in [-0.3, -0.25) is 14.4 Å². The predicted molar refractivity (Wildman–Crippen MR) is 222 cm³/mol. The summed E-state index contributed by atoms with van der Waals surface area (Å²) < 4.78 is 0. The lowest BCUT2D eigenvalue weighted by molar-refractivity contribution is -0.132. The summed E-state index contributed by atoms with van der Waals surface area (Å²) in [6.45, 7) is 3.35. The molecule has 2 atom stereocenters. The van der Waals surface area contributed by atoms with Crippen LogP contribution in [0.3, 0.4) is 0 Å². The Bertz CT molecular complexity index is 2140. The molecule has 5 aromatic rings. The minimum atomic E-state index is -0.237. The monoisotopic (exact) mass is 751 g/mol. The number of anilines is 1. The molecule has 4 aromatic carbocycles. The van der Waals surface area contributed by atoms with Crippen molar-refractivity contribution in [3.8, 4) is 22.4 Å². The second kappa shape index (κ2) is 17.5. The van der Waals surface area contributed by atoms with Gasteiger partial charge in [0.15, 0.2) is 0 Å². The molecule has 10 nitrogen and oxygen atoms in total. The van der Waals surface area contributed by atoms with Gasteiger partial charge in [-0.1, -0.05) is 84.9 Å². The van der Waals surface area contributed by atoms with Gasteiger partial charge in [-0.25, -0.2) is 4.98 Å². The fraction of sp³-hybridized carbons (Fsp3) is 0.348. The van der Waals surface area contributed by atoms with Crippen LogP contribution >= 0.6 is 0 Å². The lowest BCUT2D eigenvalue weighted by Gasteiger charge is -2.24. The Balaban J connectivity index is 0.921. The summed E-state index contributed by atoms with van der Waals surface area (Å²) in [5.41, 5.74) is 9.23. The molecule has 7 rings (SSSR count). The number of aromatic nitrogens is 2. The van der Waals surface area contributed by atoms with Crippen molar-refractivity contribution in [2.24, 2.45) is 5.92 Å². The van der Waals surface area contributed by atoms with Crippen molar-refractivity contribution in [1.82, 2.24) is 29.6 Å². The van der Waals surface area contributed by atoms with E-state index in [1.54, 1.807) is 0 Å². The number of nitrogens with one attached hydrogen (secondary N) is 2. The van der Waals surface area contributed by atoms with Crippen LogP contribution in [0.5, 0.6) is 0 Å². The number of H-pyrrole nitrogens is 1. The van der Waals surface area contributed by atoms with Crippen LogP contribution in [0.2, 0.25) is 0 Å². The van der Waals surface area contributed by atoms with Crippen molar-refractivity contribution in [3.63, 3.8) is 0 Å². The maximum atomic E-state index is 13.6. The van der Waals surface area contributed by atoms with Gasteiger partial charge in [-0.05, 0) is 98.5 Å². The summed E-state index contributed by atoms with van der Waals surface area (Å²) in [6.07, 6.45) is 5.09. The number of carbonyl (C=O) groups is 3. The van der Waals surface area contributed by atoms with Gasteiger partial charge in [-0.15, -0.1) is 0 Å². The van der Waals surface area contributed by atoms with Gasteiger partial charge in [0.25, 0.3) is 0 Å². The minimum absolute atomic E-state index is 0.0558. The second-order valence-electron chi connectivity index (χ2n) is 15.8. The summed E-state index contributed by atoms with van der Waals surface area (Å²) in [5.74, 6) is 0.735. The van der Waals surface area contributed by atoms with Crippen molar-refractivity contribution in [1.29, 1.82) is 0 Å². The molecule has 56 heavy (non-hydrogen) atoms. The van der Waals surface area contributed by atoms with Gasteiger partial charge < -0.3 is 29.9 Å². The average molecular weight is 752 g/mol. The maximum Gasteiger partial charge on any atom is 0.229 e. The van der Waals surface area contributed by atoms with Gasteiger partial charge in [0.2, 0.25) is 17.7 Å². The minimum Gasteiger partial charge on any atom is -0.342 e. The molecular formula is C46H53N7O3. The standard InChI is InChI=1S/C46H53N7O3/c1-50(2)29-37-12-7-5-10-35(37)26-43(54)52-25-23-39(31-52)46(56)48-40-21-19-33(20-22-40)32-15-17-34(18-16-32)41-28-47-45(49-41)42-14-9-24-53(42)44(55)27-36-11-6-8-13-38(36)30-51(3)4/h5-8,10-13,15-22,28,39,42H,9,14,23-27,29-31H2,1-4H3,(H,47,49)(H,48,56)/t39-,42+/m1/s1. The molecule has 2 N–H and O–H groups in total. The van der Waals surface area contributed by atoms with Gasteiger partial charge in [0, 0.05) is 38.4 Å². The second-order valence-corrected chi connectivity index (χ2v) is 15.8. The number of nitrogens with zero attached hydrogens (tertiary/aromatic N) is 5. The Morgan fingerprint density at radius 3 is 1.86 bits per heavy atom. The molecule has 0 saturated carbocycles. The first-order valence-electron chi connectivity index (χ1n) is 19.7. The molecule has 0 radical (unpaired) electrons. The van der Waals surface area contributed by atoms with E-state index in [-0.39, 0.29) is 29.7 Å². The van der Waals surface area contributed by atoms with Gasteiger partial charge in [-0.2, -0.15) is 0 Å². The number of imidazole rings is 1. The number of rotatable bonds is 13. The number of carbonyl (C=O) groups excluding carboxylic acids is 3. The fourth-order valence-electron chi connectivity index (χ4n) is 8.02. The van der Waals surface area contributed by atoms with E-state index in [0.717, 1.165) is 83.1 Å². The number of hydrogen-bond donors (Lipinski definition) is 2. The molecule has 2 saturated heterocycles. The molecule has 2 aliphatic rings. The highest BCUT2D eigenvalue weighted by Crippen LogP contribution is 2.33. The number of likely N-dealkylation sites (tertiary alicyclic amines) is 2. The van der Waals surface area contributed by atoms with E-state index in [4.69, 9.17) is 4.98 Å². The van der Waals surface area contributed by atoms with E-state index in [1.807, 2.05) is 98.8 Å². The topological polar surface area (TPSA) is 105 Å². The zero-order chi connectivity index (χ0) is 39.2. The first kappa shape index (κ1) is 38.7. The van der Waals surface area contributed by atoms with E-state index in [2.05, 4.69) is 62.6 Å². The first-order chi connectivity index (χ1) is 27.1. The summed E-state index contributed by atoms with van der Waals surface area (Å²) in [4.78, 5) is 56.3. The van der Waals surface area contributed by atoms with Crippen molar-refractivity contribution in [3.05, 3.63) is 131 Å². The molecular weight excluding hydrogens is 699 g/mol. The molecule has 1 aromatic heterocycles. The molecule has 0 bridgehead atoms. The van der Waals surface area contributed by atoms with Crippen LogP contribution in [0.1, 0.15) is 53.4 Å². The van der Waals surface area contributed by atoms with E-state index in [0.29, 0.717) is 32.4 Å². The zero-order valence-electron chi connectivity index (χ0n) is 33.0. The third-order valence-corrected chi connectivity index (χ3v) is 11.0. The Labute approximate surface area is 330 Å². The largest absolute Gasteiger partial charge is 0.342 e. The highest BCUT2D eigenvalue weighted by molar-refractivity contribution is 5.94. The van der Waals surface area contributed by atoms with Crippen LogP contribution < -0.4 is 5.32 Å². The van der Waals surface area contributed by atoms with Crippen molar-refractivity contribution < 1.29 is 14.4 Å². The number of benzene rings is 4. The van der Waals surface area contributed by atoms with Crippen molar-refractivity contribution >= 4 is 23.4 Å².